The zero-order chi connectivity index (χ0) is 13.8. The number of nitrogens with one attached hydrogen (secondary N) is 1. The van der Waals surface area contributed by atoms with Gasteiger partial charge in [0.25, 0.3) is 5.91 Å². The molecule has 0 fully saturated rings. The summed E-state index contributed by atoms with van der Waals surface area (Å²) in [4.78, 5) is 15.9. The fraction of sp³-hybridized carbons (Fsp3) is 0.143. The molecule has 1 aromatic carbocycles. The van der Waals surface area contributed by atoms with Gasteiger partial charge < -0.3 is 5.32 Å². The SMILES string of the molecule is C[C@H](NC(=O)c1cc(Cl)ncc1Cl)c1ccccc1. The first kappa shape index (κ1) is 13.8. The molecule has 1 atom stereocenters. The van der Waals surface area contributed by atoms with Gasteiger partial charge in [-0.15, -0.1) is 0 Å². The third-order valence-corrected chi connectivity index (χ3v) is 3.22. The minimum atomic E-state index is -0.273. The Morgan fingerprint density at radius 3 is 2.63 bits per heavy atom. The lowest BCUT2D eigenvalue weighted by molar-refractivity contribution is 0.0940. The van der Waals surface area contributed by atoms with Gasteiger partial charge in [-0.05, 0) is 18.6 Å². The highest BCUT2D eigenvalue weighted by Gasteiger charge is 2.14. The number of rotatable bonds is 3. The molecule has 1 aromatic heterocycles. The number of amides is 1. The maximum Gasteiger partial charge on any atom is 0.253 e. The van der Waals surface area contributed by atoms with Crippen LogP contribution in [0.3, 0.4) is 0 Å². The third kappa shape index (κ3) is 3.46. The normalized spacial score (nSPS) is 11.9. The summed E-state index contributed by atoms with van der Waals surface area (Å²) in [5.41, 5.74) is 1.34. The maximum atomic E-state index is 12.1. The van der Waals surface area contributed by atoms with Gasteiger partial charge >= 0.3 is 0 Å². The van der Waals surface area contributed by atoms with Crippen LogP contribution in [-0.4, -0.2) is 10.9 Å². The van der Waals surface area contributed by atoms with Crippen LogP contribution in [0.15, 0.2) is 42.6 Å². The predicted molar refractivity (Wildman–Crippen MR) is 76.6 cm³/mol. The summed E-state index contributed by atoms with van der Waals surface area (Å²) in [5.74, 6) is -0.273. The number of nitrogens with zero attached hydrogens (tertiary/aromatic N) is 1. The van der Waals surface area contributed by atoms with Gasteiger partial charge in [0.15, 0.2) is 0 Å². The molecular weight excluding hydrogens is 283 g/mol. The van der Waals surface area contributed by atoms with Crippen molar-refractivity contribution in [3.63, 3.8) is 0 Å². The molecule has 1 N–H and O–H groups in total. The highest BCUT2D eigenvalue weighted by atomic mass is 35.5. The molecule has 0 aliphatic rings. The molecular formula is C14H12Cl2N2O. The average molecular weight is 295 g/mol. The van der Waals surface area contributed by atoms with Gasteiger partial charge in [0, 0.05) is 6.20 Å². The molecule has 0 unspecified atom stereocenters. The summed E-state index contributed by atoms with van der Waals surface area (Å²) in [5, 5.41) is 3.39. The lowest BCUT2D eigenvalue weighted by Gasteiger charge is -2.14. The van der Waals surface area contributed by atoms with Crippen LogP contribution in [0.1, 0.15) is 28.9 Å². The molecule has 1 amide bonds. The Morgan fingerprint density at radius 2 is 1.95 bits per heavy atom. The van der Waals surface area contributed by atoms with Crippen molar-refractivity contribution in [3.05, 3.63) is 63.9 Å². The zero-order valence-electron chi connectivity index (χ0n) is 10.2. The highest BCUT2D eigenvalue weighted by molar-refractivity contribution is 6.35. The van der Waals surface area contributed by atoms with Gasteiger partial charge in [-0.3, -0.25) is 4.79 Å². The second-order valence-electron chi connectivity index (χ2n) is 4.09. The zero-order valence-corrected chi connectivity index (χ0v) is 11.7. The van der Waals surface area contributed by atoms with Crippen molar-refractivity contribution in [1.29, 1.82) is 0 Å². The van der Waals surface area contributed by atoms with E-state index >= 15 is 0 Å². The molecule has 1 heterocycles. The Morgan fingerprint density at radius 1 is 1.26 bits per heavy atom. The number of aromatic nitrogens is 1. The van der Waals surface area contributed by atoms with E-state index in [1.165, 1.54) is 12.3 Å². The molecule has 98 valence electrons. The number of carbonyl (C=O) groups excluding carboxylic acids is 1. The van der Waals surface area contributed by atoms with E-state index in [-0.39, 0.29) is 22.1 Å². The standard InChI is InChI=1S/C14H12Cl2N2O/c1-9(10-5-3-2-4-6-10)18-14(19)11-7-13(16)17-8-12(11)15/h2-9H,1H3,(H,18,19)/t9-/m0/s1. The Balaban J connectivity index is 2.15. The van der Waals surface area contributed by atoms with Crippen LogP contribution >= 0.6 is 23.2 Å². The van der Waals surface area contributed by atoms with E-state index in [2.05, 4.69) is 10.3 Å². The van der Waals surface area contributed by atoms with E-state index in [1.807, 2.05) is 37.3 Å². The minimum absolute atomic E-state index is 0.114. The maximum absolute atomic E-state index is 12.1. The smallest absolute Gasteiger partial charge is 0.253 e. The van der Waals surface area contributed by atoms with Gasteiger partial charge in [0.1, 0.15) is 5.15 Å². The van der Waals surface area contributed by atoms with Crippen molar-refractivity contribution in [2.75, 3.05) is 0 Å². The van der Waals surface area contributed by atoms with Gasteiger partial charge in [-0.2, -0.15) is 0 Å². The van der Waals surface area contributed by atoms with Crippen LogP contribution in [0.5, 0.6) is 0 Å². The molecule has 3 nitrogen and oxygen atoms in total. The third-order valence-electron chi connectivity index (χ3n) is 2.71. The molecule has 0 aliphatic carbocycles. The summed E-state index contributed by atoms with van der Waals surface area (Å²) in [6, 6.07) is 11.0. The van der Waals surface area contributed by atoms with Crippen LogP contribution < -0.4 is 5.32 Å². The average Bonchev–Trinajstić information content (AvgIpc) is 2.42. The van der Waals surface area contributed by atoms with Crippen LogP contribution in [0.25, 0.3) is 0 Å². The van der Waals surface area contributed by atoms with Gasteiger partial charge in [0.2, 0.25) is 0 Å². The first-order valence-corrected chi connectivity index (χ1v) is 6.50. The molecule has 2 aromatic rings. The van der Waals surface area contributed by atoms with Crippen LogP contribution in [0.4, 0.5) is 0 Å². The number of benzene rings is 1. The van der Waals surface area contributed by atoms with Crippen molar-refractivity contribution in [1.82, 2.24) is 10.3 Å². The van der Waals surface area contributed by atoms with Crippen molar-refractivity contribution < 1.29 is 4.79 Å². The second kappa shape index (κ2) is 6.04. The number of hydrogen-bond acceptors (Lipinski definition) is 2. The van der Waals surface area contributed by atoms with Crippen LogP contribution in [0, 0.1) is 0 Å². The highest BCUT2D eigenvalue weighted by Crippen LogP contribution is 2.19. The lowest BCUT2D eigenvalue weighted by atomic mass is 10.1. The molecule has 5 heteroatoms. The van der Waals surface area contributed by atoms with Crippen molar-refractivity contribution in [3.8, 4) is 0 Å². The van der Waals surface area contributed by atoms with Crippen molar-refractivity contribution >= 4 is 29.1 Å². The monoisotopic (exact) mass is 294 g/mol. The van der Waals surface area contributed by atoms with Gasteiger partial charge in [0.05, 0.1) is 16.6 Å². The summed E-state index contributed by atoms with van der Waals surface area (Å²) in [6.45, 7) is 1.91. The number of hydrogen-bond donors (Lipinski definition) is 1. The largest absolute Gasteiger partial charge is 0.345 e. The summed E-state index contributed by atoms with van der Waals surface area (Å²) < 4.78 is 0. The summed E-state index contributed by atoms with van der Waals surface area (Å²) >= 11 is 11.7. The topological polar surface area (TPSA) is 42.0 Å². The van der Waals surface area contributed by atoms with Gasteiger partial charge in [-0.1, -0.05) is 53.5 Å². The molecule has 0 spiro atoms. The fourth-order valence-electron chi connectivity index (χ4n) is 1.69. The van der Waals surface area contributed by atoms with E-state index in [1.54, 1.807) is 0 Å². The first-order valence-electron chi connectivity index (χ1n) is 5.75. The fourth-order valence-corrected chi connectivity index (χ4v) is 2.03. The van der Waals surface area contributed by atoms with E-state index in [4.69, 9.17) is 23.2 Å². The van der Waals surface area contributed by atoms with E-state index in [0.29, 0.717) is 5.56 Å². The number of halogens is 2. The molecule has 0 aliphatic heterocycles. The number of pyridine rings is 1. The summed E-state index contributed by atoms with van der Waals surface area (Å²) in [6.07, 6.45) is 1.37. The molecule has 19 heavy (non-hydrogen) atoms. The van der Waals surface area contributed by atoms with Crippen LogP contribution in [0.2, 0.25) is 10.2 Å². The van der Waals surface area contributed by atoms with E-state index < -0.39 is 0 Å². The van der Waals surface area contributed by atoms with E-state index in [0.717, 1.165) is 5.56 Å². The second-order valence-corrected chi connectivity index (χ2v) is 4.89. The molecule has 0 radical (unpaired) electrons. The molecule has 0 saturated carbocycles. The van der Waals surface area contributed by atoms with Crippen molar-refractivity contribution in [2.45, 2.75) is 13.0 Å². The quantitative estimate of drug-likeness (QED) is 0.873. The predicted octanol–water partition coefficient (Wildman–Crippen LogP) is 3.88. The number of carbonyl (C=O) groups is 1. The van der Waals surface area contributed by atoms with Crippen molar-refractivity contribution in [2.24, 2.45) is 0 Å². The first-order chi connectivity index (χ1) is 9.08. The van der Waals surface area contributed by atoms with Gasteiger partial charge in [-0.25, -0.2) is 4.98 Å². The summed E-state index contributed by atoms with van der Waals surface area (Å²) in [7, 11) is 0. The molecule has 2 rings (SSSR count). The molecule has 0 bridgehead atoms. The molecule has 0 saturated heterocycles. The Hall–Kier alpha value is -1.58. The Bertz CT molecular complexity index is 587. The lowest BCUT2D eigenvalue weighted by Crippen LogP contribution is -2.26. The minimum Gasteiger partial charge on any atom is -0.345 e. The van der Waals surface area contributed by atoms with Crippen LogP contribution in [-0.2, 0) is 0 Å². The Kier molecular flexibility index (Phi) is 4.40. The van der Waals surface area contributed by atoms with E-state index in [9.17, 15) is 4.79 Å². The Labute approximate surface area is 121 Å².